The Kier molecular flexibility index (Phi) is 6.51. The van der Waals surface area contributed by atoms with E-state index in [9.17, 15) is 0 Å². The number of nitrogens with two attached hydrogens (primary N) is 1. The Labute approximate surface area is 69.3 Å². The molecule has 0 saturated heterocycles. The van der Waals surface area contributed by atoms with Gasteiger partial charge in [0.1, 0.15) is 0 Å². The Bertz CT molecular complexity index is 88.2. The summed E-state index contributed by atoms with van der Waals surface area (Å²) < 4.78 is 5.13. The standard InChI is InChI=1S/C8H20N2O/c1-4-5-8(10-9)6-7(2)11-3/h7-8,10H,4-6,9H2,1-3H3. The van der Waals surface area contributed by atoms with E-state index in [-0.39, 0.29) is 0 Å². The van der Waals surface area contributed by atoms with Gasteiger partial charge in [0, 0.05) is 13.2 Å². The number of hydrogen-bond donors (Lipinski definition) is 2. The molecule has 0 spiro atoms. The van der Waals surface area contributed by atoms with Gasteiger partial charge in [0.05, 0.1) is 6.10 Å². The van der Waals surface area contributed by atoms with Crippen molar-refractivity contribution in [1.82, 2.24) is 5.43 Å². The summed E-state index contributed by atoms with van der Waals surface area (Å²) in [7, 11) is 1.73. The van der Waals surface area contributed by atoms with E-state index in [1.54, 1.807) is 7.11 Å². The lowest BCUT2D eigenvalue weighted by Crippen LogP contribution is -2.37. The van der Waals surface area contributed by atoms with Crippen molar-refractivity contribution in [1.29, 1.82) is 0 Å². The average molecular weight is 160 g/mol. The van der Waals surface area contributed by atoms with Gasteiger partial charge in [0.2, 0.25) is 0 Å². The molecule has 0 saturated carbocycles. The van der Waals surface area contributed by atoms with Gasteiger partial charge in [-0.25, -0.2) is 0 Å². The molecule has 3 N–H and O–H groups in total. The van der Waals surface area contributed by atoms with Gasteiger partial charge in [-0.2, -0.15) is 0 Å². The molecule has 0 aromatic rings. The predicted molar refractivity (Wildman–Crippen MR) is 47.1 cm³/mol. The van der Waals surface area contributed by atoms with E-state index in [1.807, 2.05) is 0 Å². The van der Waals surface area contributed by atoms with Crippen molar-refractivity contribution in [3.05, 3.63) is 0 Å². The van der Waals surface area contributed by atoms with Crippen molar-refractivity contribution < 1.29 is 4.74 Å². The van der Waals surface area contributed by atoms with Crippen molar-refractivity contribution in [2.24, 2.45) is 5.84 Å². The molecule has 0 rings (SSSR count). The predicted octanol–water partition coefficient (Wildman–Crippen LogP) is 1.04. The third-order valence-corrected chi connectivity index (χ3v) is 1.89. The fourth-order valence-corrected chi connectivity index (χ4v) is 1.11. The van der Waals surface area contributed by atoms with E-state index in [0.29, 0.717) is 12.1 Å². The van der Waals surface area contributed by atoms with Gasteiger partial charge in [-0.1, -0.05) is 13.3 Å². The van der Waals surface area contributed by atoms with E-state index >= 15 is 0 Å². The molecular weight excluding hydrogens is 140 g/mol. The van der Waals surface area contributed by atoms with Crippen LogP contribution in [0.25, 0.3) is 0 Å². The Morgan fingerprint density at radius 3 is 2.55 bits per heavy atom. The van der Waals surface area contributed by atoms with E-state index in [0.717, 1.165) is 19.3 Å². The number of hydrazine groups is 1. The molecule has 0 heterocycles. The zero-order valence-corrected chi connectivity index (χ0v) is 7.76. The van der Waals surface area contributed by atoms with Crippen molar-refractivity contribution in [2.75, 3.05) is 7.11 Å². The van der Waals surface area contributed by atoms with Crippen molar-refractivity contribution in [3.8, 4) is 0 Å². The van der Waals surface area contributed by atoms with Crippen LogP contribution in [0.1, 0.15) is 33.1 Å². The van der Waals surface area contributed by atoms with Crippen LogP contribution in [0, 0.1) is 0 Å². The molecule has 0 bridgehead atoms. The van der Waals surface area contributed by atoms with Crippen molar-refractivity contribution in [2.45, 2.75) is 45.3 Å². The Morgan fingerprint density at radius 2 is 2.18 bits per heavy atom. The van der Waals surface area contributed by atoms with Gasteiger partial charge in [-0.05, 0) is 19.8 Å². The average Bonchev–Trinajstić information content (AvgIpc) is 2.03. The van der Waals surface area contributed by atoms with Gasteiger partial charge in [0.25, 0.3) is 0 Å². The maximum absolute atomic E-state index is 5.36. The summed E-state index contributed by atoms with van der Waals surface area (Å²) in [4.78, 5) is 0. The highest BCUT2D eigenvalue weighted by Crippen LogP contribution is 2.05. The summed E-state index contributed by atoms with van der Waals surface area (Å²) in [5, 5.41) is 0. The molecule has 0 amide bonds. The molecule has 11 heavy (non-hydrogen) atoms. The van der Waals surface area contributed by atoms with Gasteiger partial charge in [0.15, 0.2) is 0 Å². The van der Waals surface area contributed by atoms with Crippen LogP contribution in [0.5, 0.6) is 0 Å². The van der Waals surface area contributed by atoms with Crippen molar-refractivity contribution >= 4 is 0 Å². The number of hydrogen-bond acceptors (Lipinski definition) is 3. The molecule has 68 valence electrons. The number of methoxy groups -OCH3 is 1. The van der Waals surface area contributed by atoms with Crippen LogP contribution in [0.2, 0.25) is 0 Å². The van der Waals surface area contributed by atoms with E-state index in [4.69, 9.17) is 10.6 Å². The van der Waals surface area contributed by atoms with Crippen LogP contribution >= 0.6 is 0 Å². The first kappa shape index (κ1) is 10.9. The van der Waals surface area contributed by atoms with Crippen LogP contribution in [-0.4, -0.2) is 19.3 Å². The Morgan fingerprint density at radius 1 is 1.55 bits per heavy atom. The summed E-state index contributed by atoms with van der Waals surface area (Å²) in [6, 6.07) is 0.398. The lowest BCUT2D eigenvalue weighted by Gasteiger charge is -2.18. The first-order valence-corrected chi connectivity index (χ1v) is 4.23. The third kappa shape index (κ3) is 5.18. The number of nitrogens with one attached hydrogen (secondary N) is 1. The molecule has 0 aliphatic carbocycles. The zero-order valence-electron chi connectivity index (χ0n) is 7.76. The lowest BCUT2D eigenvalue weighted by molar-refractivity contribution is 0.0992. The molecule has 0 aliphatic rings. The van der Waals surface area contributed by atoms with E-state index < -0.39 is 0 Å². The van der Waals surface area contributed by atoms with Gasteiger partial charge in [-0.3, -0.25) is 11.3 Å². The van der Waals surface area contributed by atoms with Gasteiger partial charge >= 0.3 is 0 Å². The summed E-state index contributed by atoms with van der Waals surface area (Å²) in [5.74, 6) is 5.36. The molecule has 3 nitrogen and oxygen atoms in total. The first-order chi connectivity index (χ1) is 5.24. The van der Waals surface area contributed by atoms with Crippen LogP contribution in [0.4, 0.5) is 0 Å². The first-order valence-electron chi connectivity index (χ1n) is 4.23. The maximum Gasteiger partial charge on any atom is 0.0558 e. The molecule has 0 aliphatic heterocycles. The van der Waals surface area contributed by atoms with Crippen LogP contribution in [-0.2, 0) is 4.74 Å². The minimum Gasteiger partial charge on any atom is -0.382 e. The Balaban J connectivity index is 3.49. The number of rotatable bonds is 6. The maximum atomic E-state index is 5.36. The van der Waals surface area contributed by atoms with E-state index in [2.05, 4.69) is 19.3 Å². The third-order valence-electron chi connectivity index (χ3n) is 1.89. The topological polar surface area (TPSA) is 47.3 Å². The number of ether oxygens (including phenoxy) is 1. The molecule has 3 heteroatoms. The highest BCUT2D eigenvalue weighted by molar-refractivity contribution is 4.66. The van der Waals surface area contributed by atoms with Gasteiger partial charge < -0.3 is 4.74 Å². The fourth-order valence-electron chi connectivity index (χ4n) is 1.11. The minimum absolute atomic E-state index is 0.294. The second-order valence-electron chi connectivity index (χ2n) is 2.93. The second kappa shape index (κ2) is 6.58. The molecule has 0 fully saturated rings. The van der Waals surface area contributed by atoms with Crippen LogP contribution in [0.3, 0.4) is 0 Å². The quantitative estimate of drug-likeness (QED) is 0.451. The smallest absolute Gasteiger partial charge is 0.0558 e. The molecule has 2 unspecified atom stereocenters. The minimum atomic E-state index is 0.294. The van der Waals surface area contributed by atoms with Crippen molar-refractivity contribution in [3.63, 3.8) is 0 Å². The SMILES string of the molecule is CCCC(CC(C)OC)NN. The van der Waals surface area contributed by atoms with Gasteiger partial charge in [-0.15, -0.1) is 0 Å². The zero-order chi connectivity index (χ0) is 8.69. The summed E-state index contributed by atoms with van der Waals surface area (Å²) in [6.07, 6.45) is 3.55. The fraction of sp³-hybridized carbons (Fsp3) is 1.00. The second-order valence-corrected chi connectivity index (χ2v) is 2.93. The highest BCUT2D eigenvalue weighted by Gasteiger charge is 2.09. The Hall–Kier alpha value is -0.120. The molecular formula is C8H20N2O. The largest absolute Gasteiger partial charge is 0.382 e. The molecule has 0 aromatic heterocycles. The molecule has 0 radical (unpaired) electrons. The monoisotopic (exact) mass is 160 g/mol. The lowest BCUT2D eigenvalue weighted by atomic mass is 10.1. The summed E-state index contributed by atoms with van der Waals surface area (Å²) in [6.45, 7) is 4.21. The summed E-state index contributed by atoms with van der Waals surface area (Å²) in [5.41, 5.74) is 2.79. The molecule has 0 aromatic carbocycles. The van der Waals surface area contributed by atoms with Crippen LogP contribution < -0.4 is 11.3 Å². The van der Waals surface area contributed by atoms with E-state index in [1.165, 1.54) is 0 Å². The molecule has 2 atom stereocenters. The van der Waals surface area contributed by atoms with Crippen LogP contribution in [0.15, 0.2) is 0 Å². The highest BCUT2D eigenvalue weighted by atomic mass is 16.5. The summed E-state index contributed by atoms with van der Waals surface area (Å²) >= 11 is 0. The normalized spacial score (nSPS) is 16.4.